The van der Waals surface area contributed by atoms with Crippen molar-refractivity contribution in [3.8, 4) is 5.75 Å². The Hall–Kier alpha value is -3.18. The van der Waals surface area contributed by atoms with Crippen LogP contribution in [0.4, 0.5) is 10.8 Å². The van der Waals surface area contributed by atoms with E-state index in [1.165, 1.54) is 27.8 Å². The van der Waals surface area contributed by atoms with Gasteiger partial charge in [0.05, 0.1) is 40.1 Å². The van der Waals surface area contributed by atoms with E-state index >= 15 is 0 Å². The Bertz CT molecular complexity index is 1650. The van der Waals surface area contributed by atoms with Crippen LogP contribution in [0.5, 0.6) is 5.75 Å². The van der Waals surface area contributed by atoms with Crippen LogP contribution in [0.3, 0.4) is 0 Å². The van der Waals surface area contributed by atoms with E-state index in [1.807, 2.05) is 24.3 Å². The summed E-state index contributed by atoms with van der Waals surface area (Å²) in [4.78, 5) is 20.3. The van der Waals surface area contributed by atoms with Crippen LogP contribution in [0.25, 0.3) is 10.2 Å². The van der Waals surface area contributed by atoms with Gasteiger partial charge in [-0.25, -0.2) is 13.4 Å². The molecule has 11 heteroatoms. The molecule has 2 aliphatic heterocycles. The van der Waals surface area contributed by atoms with Crippen LogP contribution >= 0.6 is 22.9 Å². The maximum atomic E-state index is 13.8. The Labute approximate surface area is 235 Å². The van der Waals surface area contributed by atoms with E-state index < -0.39 is 10.0 Å². The number of fused-ring (bicyclic) bond motifs is 2. The van der Waals surface area contributed by atoms with Gasteiger partial charge in [0.25, 0.3) is 15.9 Å². The minimum atomic E-state index is -3.77. The van der Waals surface area contributed by atoms with Crippen molar-refractivity contribution in [2.24, 2.45) is 0 Å². The van der Waals surface area contributed by atoms with Gasteiger partial charge in [0.1, 0.15) is 11.3 Å². The van der Waals surface area contributed by atoms with Gasteiger partial charge in [-0.15, -0.1) is 0 Å². The number of rotatable bonds is 7. The topological polar surface area (TPSA) is 89.0 Å². The highest BCUT2D eigenvalue weighted by atomic mass is 35.5. The largest absolute Gasteiger partial charge is 0.494 e. The minimum absolute atomic E-state index is 0.117. The molecule has 4 aromatic rings. The van der Waals surface area contributed by atoms with Gasteiger partial charge in [-0.3, -0.25) is 14.0 Å². The molecule has 3 heterocycles. The molecule has 3 aromatic carbocycles. The maximum Gasteiger partial charge on any atom is 0.264 e. The number of ether oxygens (including phenoxy) is 2. The van der Waals surface area contributed by atoms with Gasteiger partial charge in [0.15, 0.2) is 5.13 Å². The van der Waals surface area contributed by atoms with E-state index in [0.717, 1.165) is 23.1 Å². The molecule has 1 fully saturated rings. The molecule has 1 unspecified atom stereocenters. The highest BCUT2D eigenvalue weighted by molar-refractivity contribution is 7.92. The molecule has 0 aliphatic carbocycles. The molecule has 2 aliphatic rings. The normalized spacial score (nSPS) is 17.0. The van der Waals surface area contributed by atoms with Gasteiger partial charge < -0.3 is 9.47 Å². The number of sulfonamides is 1. The SMILES string of the molecule is COc1ccc(Cl)c2sc(N(CC3CCCO3)C(=O)c3ccc(S(=O)(=O)N4CCc5ccccc54)cc3)nc12. The molecule has 0 radical (unpaired) electrons. The molecule has 0 bridgehead atoms. The zero-order chi connectivity index (χ0) is 27.1. The lowest BCUT2D eigenvalue weighted by Crippen LogP contribution is -2.37. The number of nitrogens with zero attached hydrogens (tertiary/aromatic N) is 3. The molecule has 8 nitrogen and oxygen atoms in total. The van der Waals surface area contributed by atoms with Gasteiger partial charge >= 0.3 is 0 Å². The maximum absolute atomic E-state index is 13.8. The summed E-state index contributed by atoms with van der Waals surface area (Å²) in [6.07, 6.45) is 2.32. The number of carbonyl (C=O) groups excluding carboxylic acids is 1. The first-order valence-corrected chi connectivity index (χ1v) is 15.3. The Balaban J connectivity index is 1.32. The average Bonchev–Trinajstić information content (AvgIpc) is 3.72. The Morgan fingerprint density at radius 1 is 1.18 bits per heavy atom. The second-order valence-corrected chi connectivity index (χ2v) is 12.7. The van der Waals surface area contributed by atoms with E-state index in [1.54, 1.807) is 36.3 Å². The minimum Gasteiger partial charge on any atom is -0.494 e. The number of aromatic nitrogens is 1. The number of thiazole rings is 1. The van der Waals surface area contributed by atoms with Crippen molar-refractivity contribution in [3.05, 3.63) is 76.8 Å². The van der Waals surface area contributed by atoms with E-state index in [0.29, 0.717) is 58.8 Å². The fraction of sp³-hybridized carbons (Fsp3) is 0.286. The van der Waals surface area contributed by atoms with Crippen molar-refractivity contribution < 1.29 is 22.7 Å². The summed E-state index contributed by atoms with van der Waals surface area (Å²) < 4.78 is 40.3. The van der Waals surface area contributed by atoms with Crippen LogP contribution in [-0.4, -0.2) is 52.2 Å². The van der Waals surface area contributed by atoms with Crippen molar-refractivity contribution in [2.45, 2.75) is 30.3 Å². The third-order valence-corrected chi connectivity index (χ3v) is 10.5. The lowest BCUT2D eigenvalue weighted by atomic mass is 10.2. The molecule has 1 amide bonds. The second kappa shape index (κ2) is 10.4. The fourth-order valence-electron chi connectivity index (χ4n) is 5.07. The van der Waals surface area contributed by atoms with Crippen LogP contribution in [0.2, 0.25) is 5.02 Å². The van der Waals surface area contributed by atoms with Gasteiger partial charge in [0, 0.05) is 18.7 Å². The molecule has 202 valence electrons. The summed E-state index contributed by atoms with van der Waals surface area (Å²) in [7, 11) is -2.20. The summed E-state index contributed by atoms with van der Waals surface area (Å²) >= 11 is 7.75. The second-order valence-electron chi connectivity index (χ2n) is 9.45. The smallest absolute Gasteiger partial charge is 0.264 e. The van der Waals surface area contributed by atoms with Crippen LogP contribution in [-0.2, 0) is 21.2 Å². The van der Waals surface area contributed by atoms with Gasteiger partial charge in [-0.05, 0) is 67.3 Å². The van der Waals surface area contributed by atoms with Crippen molar-refractivity contribution in [1.82, 2.24) is 4.98 Å². The van der Waals surface area contributed by atoms with E-state index in [4.69, 9.17) is 26.1 Å². The number of halogens is 1. The number of methoxy groups -OCH3 is 1. The standard InChI is InChI=1S/C28H26ClN3O5S2/c1-36-24-13-12-22(29)26-25(24)30-28(38-26)31(17-20-6-4-16-37-20)27(33)19-8-10-21(11-9-19)39(34,35)32-15-14-18-5-2-3-7-23(18)32/h2-3,5,7-13,20H,4,6,14-17H2,1H3. The molecular weight excluding hydrogens is 558 g/mol. The predicted molar refractivity (Wildman–Crippen MR) is 153 cm³/mol. The summed E-state index contributed by atoms with van der Waals surface area (Å²) in [6, 6.07) is 17.1. The molecule has 1 aromatic heterocycles. The molecule has 0 N–H and O–H groups in total. The lowest BCUT2D eigenvalue weighted by Gasteiger charge is -2.23. The first-order chi connectivity index (χ1) is 18.9. The third-order valence-electron chi connectivity index (χ3n) is 7.09. The zero-order valence-electron chi connectivity index (χ0n) is 21.2. The predicted octanol–water partition coefficient (Wildman–Crippen LogP) is 5.54. The van der Waals surface area contributed by atoms with Crippen molar-refractivity contribution in [1.29, 1.82) is 0 Å². The van der Waals surface area contributed by atoms with Crippen LogP contribution in [0.1, 0.15) is 28.8 Å². The molecule has 1 atom stereocenters. The number of amides is 1. The molecular formula is C28H26ClN3O5S2. The number of hydrogen-bond acceptors (Lipinski definition) is 7. The van der Waals surface area contributed by atoms with Crippen molar-refractivity contribution in [2.75, 3.05) is 36.0 Å². The van der Waals surface area contributed by atoms with E-state index in [2.05, 4.69) is 0 Å². The fourth-order valence-corrected chi connectivity index (χ4v) is 7.84. The highest BCUT2D eigenvalue weighted by Gasteiger charge is 2.32. The van der Waals surface area contributed by atoms with Crippen molar-refractivity contribution >= 4 is 59.9 Å². The van der Waals surface area contributed by atoms with Crippen LogP contribution in [0.15, 0.2) is 65.6 Å². The Morgan fingerprint density at radius 2 is 1.97 bits per heavy atom. The highest BCUT2D eigenvalue weighted by Crippen LogP contribution is 2.39. The van der Waals surface area contributed by atoms with E-state index in [9.17, 15) is 13.2 Å². The lowest BCUT2D eigenvalue weighted by molar-refractivity contribution is 0.0917. The Kier molecular flexibility index (Phi) is 6.96. The molecule has 39 heavy (non-hydrogen) atoms. The summed E-state index contributed by atoms with van der Waals surface area (Å²) in [5.41, 5.74) is 2.64. The number of anilines is 2. The molecule has 0 spiro atoms. The number of hydrogen-bond donors (Lipinski definition) is 0. The molecule has 0 saturated carbocycles. The van der Waals surface area contributed by atoms with Crippen molar-refractivity contribution in [3.63, 3.8) is 0 Å². The quantitative estimate of drug-likeness (QED) is 0.284. The summed E-state index contributed by atoms with van der Waals surface area (Å²) in [5, 5.41) is 0.999. The number of para-hydroxylation sites is 1. The number of carbonyl (C=O) groups is 1. The monoisotopic (exact) mass is 583 g/mol. The van der Waals surface area contributed by atoms with Gasteiger partial charge in [0.2, 0.25) is 0 Å². The molecule has 1 saturated heterocycles. The van der Waals surface area contributed by atoms with Crippen LogP contribution in [0, 0.1) is 0 Å². The number of benzene rings is 3. The van der Waals surface area contributed by atoms with Gasteiger partial charge in [-0.2, -0.15) is 0 Å². The first kappa shape index (κ1) is 26.1. The van der Waals surface area contributed by atoms with Crippen LogP contribution < -0.4 is 13.9 Å². The average molecular weight is 584 g/mol. The first-order valence-electron chi connectivity index (χ1n) is 12.6. The zero-order valence-corrected chi connectivity index (χ0v) is 23.6. The van der Waals surface area contributed by atoms with Gasteiger partial charge in [-0.1, -0.05) is 41.1 Å². The Morgan fingerprint density at radius 3 is 2.72 bits per heavy atom. The summed E-state index contributed by atoms with van der Waals surface area (Å²) in [5.74, 6) is 0.273. The molecule has 6 rings (SSSR count). The summed E-state index contributed by atoms with van der Waals surface area (Å²) in [6.45, 7) is 1.36. The third kappa shape index (κ3) is 4.75. The van der Waals surface area contributed by atoms with E-state index in [-0.39, 0.29) is 16.9 Å².